The molecule has 1 unspecified atom stereocenters. The van der Waals surface area contributed by atoms with Crippen LogP contribution in [0.4, 0.5) is 0 Å². The summed E-state index contributed by atoms with van der Waals surface area (Å²) in [5.74, 6) is 0.971. The first-order valence-electron chi connectivity index (χ1n) is 7.02. The van der Waals surface area contributed by atoms with Gasteiger partial charge in [-0.15, -0.1) is 0 Å². The Labute approximate surface area is 115 Å². The van der Waals surface area contributed by atoms with Crippen molar-refractivity contribution in [2.24, 2.45) is 5.73 Å². The highest BCUT2D eigenvalue weighted by Gasteiger charge is 2.14. The first-order chi connectivity index (χ1) is 9.20. The summed E-state index contributed by atoms with van der Waals surface area (Å²) in [6.45, 7) is 9.20. The fourth-order valence-corrected chi connectivity index (χ4v) is 2.30. The van der Waals surface area contributed by atoms with E-state index in [1.165, 1.54) is 5.56 Å². The second-order valence-corrected chi connectivity index (χ2v) is 4.98. The van der Waals surface area contributed by atoms with E-state index >= 15 is 0 Å². The molecule has 2 rings (SSSR count). The highest BCUT2D eigenvalue weighted by Crippen LogP contribution is 2.24. The van der Waals surface area contributed by atoms with Gasteiger partial charge in [-0.25, -0.2) is 0 Å². The van der Waals surface area contributed by atoms with Crippen LogP contribution in [-0.4, -0.2) is 37.8 Å². The van der Waals surface area contributed by atoms with Crippen molar-refractivity contribution in [1.29, 1.82) is 0 Å². The average Bonchev–Trinajstić information content (AvgIpc) is 2.42. The molecule has 1 aromatic carbocycles. The predicted octanol–water partition coefficient (Wildman–Crippen LogP) is 1.94. The lowest BCUT2D eigenvalue weighted by molar-refractivity contribution is 0.0338. The minimum absolute atomic E-state index is 0.0547. The fourth-order valence-electron chi connectivity index (χ4n) is 2.30. The van der Waals surface area contributed by atoms with Gasteiger partial charge in [-0.2, -0.15) is 0 Å². The van der Waals surface area contributed by atoms with Crippen LogP contribution in [-0.2, 0) is 11.3 Å². The summed E-state index contributed by atoms with van der Waals surface area (Å²) in [6.07, 6.45) is 0. The molecule has 0 radical (unpaired) electrons. The van der Waals surface area contributed by atoms with Crippen molar-refractivity contribution in [3.05, 3.63) is 29.3 Å². The minimum Gasteiger partial charge on any atom is -0.494 e. The number of nitrogens with zero attached hydrogens (tertiary/aromatic N) is 1. The molecule has 1 aliphatic heterocycles. The Hall–Kier alpha value is -1.10. The zero-order valence-electron chi connectivity index (χ0n) is 11.9. The molecule has 1 aliphatic rings. The molecule has 1 heterocycles. The molecule has 4 heteroatoms. The van der Waals surface area contributed by atoms with Crippen LogP contribution in [0.3, 0.4) is 0 Å². The van der Waals surface area contributed by atoms with Crippen LogP contribution >= 0.6 is 0 Å². The monoisotopic (exact) mass is 264 g/mol. The summed E-state index contributed by atoms with van der Waals surface area (Å²) in [4.78, 5) is 2.40. The van der Waals surface area contributed by atoms with Crippen molar-refractivity contribution in [1.82, 2.24) is 4.90 Å². The van der Waals surface area contributed by atoms with Gasteiger partial charge in [0.2, 0.25) is 0 Å². The Balaban J connectivity index is 2.15. The van der Waals surface area contributed by atoms with Gasteiger partial charge in [0.05, 0.1) is 19.8 Å². The van der Waals surface area contributed by atoms with Crippen molar-refractivity contribution >= 4 is 0 Å². The quantitative estimate of drug-likeness (QED) is 0.883. The predicted molar refractivity (Wildman–Crippen MR) is 76.3 cm³/mol. The maximum atomic E-state index is 5.97. The van der Waals surface area contributed by atoms with Crippen molar-refractivity contribution < 1.29 is 9.47 Å². The van der Waals surface area contributed by atoms with Crippen LogP contribution in [0.2, 0.25) is 0 Å². The van der Waals surface area contributed by atoms with E-state index in [0.717, 1.165) is 44.2 Å². The molecule has 1 aromatic rings. The van der Waals surface area contributed by atoms with Crippen LogP contribution in [0.5, 0.6) is 5.75 Å². The van der Waals surface area contributed by atoms with Gasteiger partial charge >= 0.3 is 0 Å². The van der Waals surface area contributed by atoms with Crippen LogP contribution in [0.15, 0.2) is 18.2 Å². The number of nitrogens with two attached hydrogens (primary N) is 1. The highest BCUT2D eigenvalue weighted by atomic mass is 16.5. The number of ether oxygens (including phenoxy) is 2. The first-order valence-corrected chi connectivity index (χ1v) is 7.02. The Morgan fingerprint density at radius 1 is 1.37 bits per heavy atom. The molecular weight excluding hydrogens is 240 g/mol. The maximum Gasteiger partial charge on any atom is 0.123 e. The van der Waals surface area contributed by atoms with Gasteiger partial charge < -0.3 is 15.2 Å². The first kappa shape index (κ1) is 14.3. The van der Waals surface area contributed by atoms with E-state index in [4.69, 9.17) is 15.2 Å². The molecule has 19 heavy (non-hydrogen) atoms. The number of hydrogen-bond donors (Lipinski definition) is 1. The Bertz CT molecular complexity index is 401. The van der Waals surface area contributed by atoms with Gasteiger partial charge in [-0.3, -0.25) is 4.90 Å². The molecule has 106 valence electrons. The van der Waals surface area contributed by atoms with Crippen molar-refractivity contribution in [3.8, 4) is 5.75 Å². The lowest BCUT2D eigenvalue weighted by Crippen LogP contribution is -2.35. The van der Waals surface area contributed by atoms with E-state index in [1.807, 2.05) is 19.9 Å². The number of benzene rings is 1. The summed E-state index contributed by atoms with van der Waals surface area (Å²) in [5.41, 5.74) is 8.35. The Kier molecular flexibility index (Phi) is 5.19. The molecule has 1 saturated heterocycles. The summed E-state index contributed by atoms with van der Waals surface area (Å²) in [6, 6.07) is 6.32. The van der Waals surface area contributed by atoms with Crippen LogP contribution in [0.1, 0.15) is 31.0 Å². The summed E-state index contributed by atoms with van der Waals surface area (Å²) in [5, 5.41) is 0. The number of hydrogen-bond acceptors (Lipinski definition) is 4. The van der Waals surface area contributed by atoms with Crippen LogP contribution < -0.4 is 10.5 Å². The van der Waals surface area contributed by atoms with Gasteiger partial charge in [-0.05, 0) is 31.5 Å². The van der Waals surface area contributed by atoms with Crippen LogP contribution in [0, 0.1) is 0 Å². The van der Waals surface area contributed by atoms with Gasteiger partial charge in [0.25, 0.3) is 0 Å². The van der Waals surface area contributed by atoms with Gasteiger partial charge in [0.1, 0.15) is 5.75 Å². The van der Waals surface area contributed by atoms with Gasteiger partial charge in [0.15, 0.2) is 0 Å². The van der Waals surface area contributed by atoms with E-state index in [0.29, 0.717) is 6.61 Å². The Morgan fingerprint density at radius 2 is 2.11 bits per heavy atom. The molecule has 1 fully saturated rings. The SMILES string of the molecule is CCOc1ccc(C(C)N)cc1CN1CCOCC1. The van der Waals surface area contributed by atoms with Crippen molar-refractivity contribution in [2.45, 2.75) is 26.4 Å². The van der Waals surface area contributed by atoms with Gasteiger partial charge in [-0.1, -0.05) is 6.07 Å². The van der Waals surface area contributed by atoms with E-state index in [-0.39, 0.29) is 6.04 Å². The van der Waals surface area contributed by atoms with Gasteiger partial charge in [0, 0.05) is 31.2 Å². The third-order valence-electron chi connectivity index (χ3n) is 3.41. The highest BCUT2D eigenvalue weighted by molar-refractivity contribution is 5.38. The standard InChI is InChI=1S/C15H24N2O2/c1-3-19-15-5-4-13(12(2)16)10-14(15)11-17-6-8-18-9-7-17/h4-5,10,12H,3,6-9,11,16H2,1-2H3. The molecule has 0 aliphatic carbocycles. The average molecular weight is 264 g/mol. The third-order valence-corrected chi connectivity index (χ3v) is 3.41. The van der Waals surface area contributed by atoms with E-state index in [1.54, 1.807) is 0 Å². The molecule has 4 nitrogen and oxygen atoms in total. The van der Waals surface area contributed by atoms with Crippen LogP contribution in [0.25, 0.3) is 0 Å². The Morgan fingerprint density at radius 3 is 2.74 bits per heavy atom. The second-order valence-electron chi connectivity index (χ2n) is 4.98. The molecule has 2 N–H and O–H groups in total. The summed E-state index contributed by atoms with van der Waals surface area (Å²) < 4.78 is 11.1. The summed E-state index contributed by atoms with van der Waals surface area (Å²) in [7, 11) is 0. The zero-order chi connectivity index (χ0) is 13.7. The zero-order valence-corrected chi connectivity index (χ0v) is 11.9. The lowest BCUT2D eigenvalue weighted by atomic mass is 10.0. The molecule has 0 saturated carbocycles. The topological polar surface area (TPSA) is 47.7 Å². The van der Waals surface area contributed by atoms with E-state index < -0.39 is 0 Å². The fraction of sp³-hybridized carbons (Fsp3) is 0.600. The van der Waals surface area contributed by atoms with E-state index in [9.17, 15) is 0 Å². The largest absolute Gasteiger partial charge is 0.494 e. The van der Waals surface area contributed by atoms with Crippen molar-refractivity contribution in [3.63, 3.8) is 0 Å². The minimum atomic E-state index is 0.0547. The molecule has 0 spiro atoms. The number of morpholine rings is 1. The number of rotatable bonds is 5. The lowest BCUT2D eigenvalue weighted by Gasteiger charge is -2.27. The molecule has 1 atom stereocenters. The second kappa shape index (κ2) is 6.89. The molecule has 0 bridgehead atoms. The van der Waals surface area contributed by atoms with Crippen molar-refractivity contribution in [2.75, 3.05) is 32.9 Å². The molecule has 0 aromatic heterocycles. The normalized spacial score (nSPS) is 18.3. The van der Waals surface area contributed by atoms with E-state index in [2.05, 4.69) is 17.0 Å². The third kappa shape index (κ3) is 3.93. The smallest absolute Gasteiger partial charge is 0.123 e. The molecule has 0 amide bonds. The summed E-state index contributed by atoms with van der Waals surface area (Å²) >= 11 is 0. The molecular formula is C15H24N2O2. The maximum absolute atomic E-state index is 5.97.